The molecule has 28 heavy (non-hydrogen) atoms. The number of thioether (sulfide) groups is 1. The molecule has 2 heterocycles. The number of anilines is 1. The highest BCUT2D eigenvalue weighted by molar-refractivity contribution is 8.27. The number of benzene rings is 2. The summed E-state index contributed by atoms with van der Waals surface area (Å²) in [5, 5.41) is 19.8. The molecule has 1 aliphatic heterocycles. The molecule has 2 N–H and O–H groups in total. The van der Waals surface area contributed by atoms with Crippen LogP contribution in [0.25, 0.3) is 17.0 Å². The lowest BCUT2D eigenvalue weighted by Gasteiger charge is -2.15. The molecule has 0 radical (unpaired) electrons. The van der Waals surface area contributed by atoms with Crippen LogP contribution in [0.2, 0.25) is 0 Å². The summed E-state index contributed by atoms with van der Waals surface area (Å²) in [6.07, 6.45) is 3.46. The summed E-state index contributed by atoms with van der Waals surface area (Å²) in [7, 11) is 0. The van der Waals surface area contributed by atoms with Gasteiger partial charge in [-0.25, -0.2) is 4.79 Å². The minimum Gasteiger partial charge on any atom is -0.507 e. The van der Waals surface area contributed by atoms with Crippen molar-refractivity contribution >= 4 is 62.8 Å². The Morgan fingerprint density at radius 2 is 2.00 bits per heavy atom. The van der Waals surface area contributed by atoms with Crippen LogP contribution in [0.5, 0.6) is 5.75 Å². The van der Waals surface area contributed by atoms with Crippen LogP contribution in [0.15, 0.2) is 59.6 Å². The molecule has 6 nitrogen and oxygen atoms in total. The number of hydrogen-bond acceptors (Lipinski definition) is 6. The lowest BCUT2D eigenvalue weighted by atomic mass is 10.1. The molecule has 3 aromatic rings. The van der Waals surface area contributed by atoms with Crippen LogP contribution in [0, 0.1) is 0 Å². The number of phenols is 1. The van der Waals surface area contributed by atoms with Crippen molar-refractivity contribution < 1.29 is 19.8 Å². The van der Waals surface area contributed by atoms with Gasteiger partial charge in [0.1, 0.15) is 11.3 Å². The van der Waals surface area contributed by atoms with E-state index < -0.39 is 5.97 Å². The molecule has 138 valence electrons. The van der Waals surface area contributed by atoms with Gasteiger partial charge in [-0.2, -0.15) is 0 Å². The standard InChI is InChI=1S/C20H12N2O4S2/c23-16-6-4-13(10-14(16)19(25)26)22-18(24)17(28-20(22)27)9-11-3-5-15-12(8-11)2-1-7-21-15/h1-10,23H,(H,25,26)/b17-9-. The molecule has 0 atom stereocenters. The van der Waals surface area contributed by atoms with E-state index in [-0.39, 0.29) is 17.2 Å². The first-order valence-corrected chi connectivity index (χ1v) is 9.35. The number of carboxylic acid groups (broad SMARTS) is 1. The Hall–Kier alpha value is -3.23. The second kappa shape index (κ2) is 7.06. The largest absolute Gasteiger partial charge is 0.507 e. The SMILES string of the molecule is O=C(O)c1cc(N2C(=O)/C(=C/c3ccc4ncccc4c3)SC2=S)ccc1O. The van der Waals surface area contributed by atoms with Crippen LogP contribution < -0.4 is 4.90 Å². The number of hydrogen-bond donors (Lipinski definition) is 2. The van der Waals surface area contributed by atoms with Gasteiger partial charge in [-0.1, -0.05) is 36.1 Å². The Balaban J connectivity index is 1.69. The number of carbonyl (C=O) groups is 2. The summed E-state index contributed by atoms with van der Waals surface area (Å²) >= 11 is 6.46. The summed E-state index contributed by atoms with van der Waals surface area (Å²) in [6, 6.07) is 13.4. The lowest BCUT2D eigenvalue weighted by Crippen LogP contribution is -2.27. The summed E-state index contributed by atoms with van der Waals surface area (Å²) in [4.78, 5) is 30.1. The quantitative estimate of drug-likeness (QED) is 0.499. The maximum absolute atomic E-state index is 12.9. The molecule has 2 aromatic carbocycles. The molecule has 1 saturated heterocycles. The van der Waals surface area contributed by atoms with Crippen molar-refractivity contribution in [3.8, 4) is 5.75 Å². The average molecular weight is 408 g/mol. The Bertz CT molecular complexity index is 1190. The number of carbonyl (C=O) groups excluding carboxylic acids is 1. The van der Waals surface area contributed by atoms with Gasteiger partial charge in [0.05, 0.1) is 16.1 Å². The van der Waals surface area contributed by atoms with Crippen LogP contribution >= 0.6 is 24.0 Å². The topological polar surface area (TPSA) is 90.7 Å². The molecular weight excluding hydrogens is 396 g/mol. The third kappa shape index (κ3) is 3.23. The number of thiocarbonyl (C=S) groups is 1. The summed E-state index contributed by atoms with van der Waals surface area (Å²) < 4.78 is 0.292. The Labute approximate surface area is 169 Å². The third-order valence-corrected chi connectivity index (χ3v) is 5.49. The van der Waals surface area contributed by atoms with E-state index in [1.165, 1.54) is 23.1 Å². The van der Waals surface area contributed by atoms with Gasteiger partial charge in [0, 0.05) is 11.6 Å². The highest BCUT2D eigenvalue weighted by atomic mass is 32.2. The molecule has 0 saturated carbocycles. The van der Waals surface area contributed by atoms with Crippen molar-refractivity contribution in [1.29, 1.82) is 0 Å². The normalized spacial score (nSPS) is 15.6. The van der Waals surface area contributed by atoms with Crippen molar-refractivity contribution in [2.75, 3.05) is 4.90 Å². The predicted octanol–water partition coefficient (Wildman–Crippen LogP) is 4.04. The second-order valence-electron chi connectivity index (χ2n) is 5.98. The zero-order valence-electron chi connectivity index (χ0n) is 14.2. The highest BCUT2D eigenvalue weighted by Crippen LogP contribution is 2.37. The molecule has 0 bridgehead atoms. The Morgan fingerprint density at radius 3 is 2.79 bits per heavy atom. The predicted molar refractivity (Wildman–Crippen MR) is 112 cm³/mol. The van der Waals surface area contributed by atoms with Crippen molar-refractivity contribution in [2.45, 2.75) is 0 Å². The first-order chi connectivity index (χ1) is 13.4. The van der Waals surface area contributed by atoms with Gasteiger partial charge in [0.25, 0.3) is 5.91 Å². The van der Waals surface area contributed by atoms with Gasteiger partial charge in [-0.15, -0.1) is 0 Å². The fourth-order valence-corrected chi connectivity index (χ4v) is 4.16. The number of aromatic nitrogens is 1. The van der Waals surface area contributed by atoms with E-state index in [2.05, 4.69) is 4.98 Å². The Kier molecular flexibility index (Phi) is 4.58. The third-order valence-electron chi connectivity index (χ3n) is 4.19. The van der Waals surface area contributed by atoms with Crippen LogP contribution in [-0.2, 0) is 4.79 Å². The minimum atomic E-state index is -1.29. The van der Waals surface area contributed by atoms with Crippen molar-refractivity contribution in [3.63, 3.8) is 0 Å². The van der Waals surface area contributed by atoms with Crippen molar-refractivity contribution in [1.82, 2.24) is 4.98 Å². The van der Waals surface area contributed by atoms with Gasteiger partial charge in [-0.05, 0) is 48.0 Å². The van der Waals surface area contributed by atoms with Crippen LogP contribution in [0.1, 0.15) is 15.9 Å². The number of carboxylic acids is 1. The van der Waals surface area contributed by atoms with E-state index >= 15 is 0 Å². The molecule has 1 aliphatic rings. The molecule has 1 amide bonds. The van der Waals surface area contributed by atoms with E-state index in [9.17, 15) is 19.8 Å². The summed E-state index contributed by atoms with van der Waals surface area (Å²) in [6.45, 7) is 0. The molecule has 8 heteroatoms. The van der Waals surface area contributed by atoms with E-state index in [1.54, 1.807) is 12.3 Å². The first kappa shape index (κ1) is 18.1. The van der Waals surface area contributed by atoms with Crippen LogP contribution in [0.3, 0.4) is 0 Å². The van der Waals surface area contributed by atoms with E-state index in [1.807, 2.05) is 30.3 Å². The van der Waals surface area contributed by atoms with E-state index in [4.69, 9.17) is 12.2 Å². The monoisotopic (exact) mass is 408 g/mol. The van der Waals surface area contributed by atoms with Gasteiger partial charge in [0.2, 0.25) is 0 Å². The van der Waals surface area contributed by atoms with Gasteiger partial charge in [0.15, 0.2) is 4.32 Å². The second-order valence-corrected chi connectivity index (χ2v) is 7.66. The summed E-state index contributed by atoms with van der Waals surface area (Å²) in [5.74, 6) is -2.00. The molecule has 1 aromatic heterocycles. The molecule has 1 fully saturated rings. The molecular formula is C20H12N2O4S2. The first-order valence-electron chi connectivity index (χ1n) is 8.13. The smallest absolute Gasteiger partial charge is 0.339 e. The number of nitrogens with zero attached hydrogens (tertiary/aromatic N) is 2. The molecule has 0 aliphatic carbocycles. The Morgan fingerprint density at radius 1 is 1.18 bits per heavy atom. The highest BCUT2D eigenvalue weighted by Gasteiger charge is 2.34. The molecule has 0 spiro atoms. The summed E-state index contributed by atoms with van der Waals surface area (Å²) in [5.41, 5.74) is 1.69. The molecule has 4 rings (SSSR count). The van der Waals surface area contributed by atoms with Gasteiger partial charge >= 0.3 is 5.97 Å². The zero-order valence-corrected chi connectivity index (χ0v) is 15.8. The zero-order chi connectivity index (χ0) is 19.8. The van der Waals surface area contributed by atoms with Crippen molar-refractivity contribution in [3.05, 3.63) is 70.8 Å². The number of amides is 1. The number of fused-ring (bicyclic) bond motifs is 1. The van der Waals surface area contributed by atoms with Gasteiger partial charge < -0.3 is 10.2 Å². The number of rotatable bonds is 3. The fraction of sp³-hybridized carbons (Fsp3) is 0. The number of aromatic hydroxyl groups is 1. The minimum absolute atomic E-state index is 0.292. The maximum atomic E-state index is 12.9. The van der Waals surface area contributed by atoms with Crippen LogP contribution in [-0.4, -0.2) is 31.4 Å². The average Bonchev–Trinajstić information content (AvgIpc) is 2.95. The maximum Gasteiger partial charge on any atom is 0.339 e. The fourth-order valence-electron chi connectivity index (χ4n) is 2.86. The van der Waals surface area contributed by atoms with Crippen molar-refractivity contribution in [2.24, 2.45) is 0 Å². The lowest BCUT2D eigenvalue weighted by molar-refractivity contribution is -0.113. The van der Waals surface area contributed by atoms with E-state index in [0.29, 0.717) is 14.9 Å². The molecule has 0 unspecified atom stereocenters. The van der Waals surface area contributed by atoms with Crippen LogP contribution in [0.4, 0.5) is 5.69 Å². The number of aromatic carboxylic acids is 1. The number of pyridine rings is 1. The van der Waals surface area contributed by atoms with Gasteiger partial charge in [-0.3, -0.25) is 14.7 Å². The van der Waals surface area contributed by atoms with E-state index in [0.717, 1.165) is 28.2 Å².